The van der Waals surface area contributed by atoms with Crippen LogP contribution in [0, 0.1) is 0 Å². The number of benzene rings is 1. The van der Waals surface area contributed by atoms with Gasteiger partial charge in [0.2, 0.25) is 0 Å². The molecule has 0 radical (unpaired) electrons. The first-order valence-corrected chi connectivity index (χ1v) is 17.3. The van der Waals surface area contributed by atoms with Crippen molar-refractivity contribution in [3.63, 3.8) is 0 Å². The third-order valence-electron chi connectivity index (χ3n) is 7.57. The highest BCUT2D eigenvalue weighted by molar-refractivity contribution is 6.05. The number of aromatic amines is 2. The fourth-order valence-corrected chi connectivity index (χ4v) is 5.85. The molecule has 2 amide bonds. The molecule has 2 atom stereocenters. The van der Waals surface area contributed by atoms with Gasteiger partial charge in [0.1, 0.15) is 23.4 Å². The Morgan fingerprint density at radius 3 is 1.10 bits per heavy atom. The number of nitrogens with one attached hydrogen (secondary N) is 4. The second kappa shape index (κ2) is 16.3. The number of H-pyrrole nitrogens is 2. The van der Waals surface area contributed by atoms with Gasteiger partial charge < -0.3 is 20.1 Å². The molecule has 0 spiro atoms. The SMILES string of the molecule is CC(CC(C)(C)OOC(C)(C)C)OC(=O)NCCc1c2c(=O)[nH]c(=O)c2c(CCNC(=O)OC(C)CC(C)(C)OOC(C)(C)C)c2c(=O)[nH]c(=O)c12. The lowest BCUT2D eigenvalue weighted by Gasteiger charge is -2.30. The molecule has 52 heavy (non-hydrogen) atoms. The Bertz CT molecular complexity index is 1720. The summed E-state index contributed by atoms with van der Waals surface area (Å²) in [5, 5.41) is 4.93. The minimum absolute atomic E-state index is 0.0687. The predicted molar refractivity (Wildman–Crippen MR) is 194 cm³/mol. The molecular formula is C36H54N4O12. The molecule has 0 aliphatic heterocycles. The molecular weight excluding hydrogens is 680 g/mol. The van der Waals surface area contributed by atoms with E-state index in [1.165, 1.54) is 0 Å². The van der Waals surface area contributed by atoms with Crippen LogP contribution in [0.5, 0.6) is 0 Å². The van der Waals surface area contributed by atoms with E-state index in [1.54, 1.807) is 41.5 Å². The Kier molecular flexibility index (Phi) is 13.2. The summed E-state index contributed by atoms with van der Waals surface area (Å²) >= 11 is 0. The summed E-state index contributed by atoms with van der Waals surface area (Å²) in [6, 6.07) is 0. The van der Waals surface area contributed by atoms with E-state index >= 15 is 0 Å². The lowest BCUT2D eigenvalue weighted by atomic mass is 9.93. The molecule has 2 aromatic heterocycles. The van der Waals surface area contributed by atoms with E-state index in [1.807, 2.05) is 41.5 Å². The van der Waals surface area contributed by atoms with Crippen LogP contribution in [0.1, 0.15) is 107 Å². The first kappa shape index (κ1) is 42.3. The Hall–Kier alpha value is -4.12. The zero-order chi connectivity index (χ0) is 39.4. The van der Waals surface area contributed by atoms with Gasteiger partial charge in [-0.25, -0.2) is 29.1 Å². The molecule has 0 fully saturated rings. The van der Waals surface area contributed by atoms with E-state index in [0.29, 0.717) is 12.8 Å². The molecule has 2 unspecified atom stereocenters. The van der Waals surface area contributed by atoms with Gasteiger partial charge >= 0.3 is 12.2 Å². The molecule has 0 aliphatic rings. The number of carbonyl (C=O) groups is 2. The number of carbonyl (C=O) groups excluding carboxylic acids is 2. The minimum atomic E-state index is -0.766. The molecule has 0 bridgehead atoms. The fourth-order valence-electron chi connectivity index (χ4n) is 5.85. The Morgan fingerprint density at radius 2 is 0.827 bits per heavy atom. The number of fused-ring (bicyclic) bond motifs is 2. The van der Waals surface area contributed by atoms with Crippen molar-refractivity contribution in [3.05, 3.63) is 52.5 Å². The van der Waals surface area contributed by atoms with Gasteiger partial charge in [0, 0.05) is 25.9 Å². The normalized spacial score (nSPS) is 14.1. The van der Waals surface area contributed by atoms with Gasteiger partial charge in [-0.05, 0) is 107 Å². The molecule has 2 heterocycles. The van der Waals surface area contributed by atoms with Crippen LogP contribution in [-0.2, 0) is 41.9 Å². The van der Waals surface area contributed by atoms with Gasteiger partial charge in [-0.15, -0.1) is 0 Å². The summed E-state index contributed by atoms with van der Waals surface area (Å²) in [4.78, 5) is 104. The number of ether oxygens (including phenoxy) is 2. The average Bonchev–Trinajstić information content (AvgIpc) is 3.44. The van der Waals surface area contributed by atoms with E-state index in [-0.39, 0.29) is 58.6 Å². The van der Waals surface area contributed by atoms with Gasteiger partial charge in [0.15, 0.2) is 0 Å². The largest absolute Gasteiger partial charge is 0.446 e. The zero-order valence-corrected chi connectivity index (χ0v) is 32.3. The number of aromatic nitrogens is 2. The standard InChI is InChI=1S/C36H54N4O12/c1-19(17-35(9,10)51-49-33(3,4)5)47-31(45)37-15-13-21-23-25(29(43)39-27(23)41)22(26-24(21)28(42)40-30(26)44)14-16-38-32(46)48-20(2)18-36(11,12)52-50-34(6,7)8/h19-20H,13-18H2,1-12H3,(H,37,45)(H,38,46)(H,39,41,43)(H,40,42,44). The minimum Gasteiger partial charge on any atom is -0.446 e. The second-order valence-electron chi connectivity index (χ2n) is 16.3. The fraction of sp³-hybridized carbons (Fsp3) is 0.667. The number of hydrogen-bond acceptors (Lipinski definition) is 12. The predicted octanol–water partition coefficient (Wildman–Crippen LogP) is 4.11. The summed E-state index contributed by atoms with van der Waals surface area (Å²) in [5.74, 6) is 0. The third-order valence-corrected chi connectivity index (χ3v) is 7.57. The maximum atomic E-state index is 13.1. The van der Waals surface area contributed by atoms with Crippen LogP contribution in [0.2, 0.25) is 0 Å². The summed E-state index contributed by atoms with van der Waals surface area (Å²) in [6.45, 7) is 21.5. The van der Waals surface area contributed by atoms with Gasteiger partial charge in [0.05, 0.1) is 32.7 Å². The molecule has 0 aliphatic carbocycles. The van der Waals surface area contributed by atoms with Crippen LogP contribution in [-0.4, -0.2) is 69.9 Å². The first-order valence-electron chi connectivity index (χ1n) is 17.3. The molecule has 3 aromatic rings. The lowest BCUT2D eigenvalue weighted by Crippen LogP contribution is -2.36. The van der Waals surface area contributed by atoms with Crippen molar-refractivity contribution < 1.29 is 38.6 Å². The van der Waals surface area contributed by atoms with Crippen LogP contribution < -0.4 is 32.9 Å². The maximum absolute atomic E-state index is 13.1. The number of hydrogen-bond donors (Lipinski definition) is 4. The van der Waals surface area contributed by atoms with Gasteiger partial charge in [-0.2, -0.15) is 0 Å². The molecule has 4 N–H and O–H groups in total. The van der Waals surface area contributed by atoms with Crippen molar-refractivity contribution in [2.24, 2.45) is 0 Å². The van der Waals surface area contributed by atoms with Gasteiger partial charge in [-0.3, -0.25) is 29.1 Å². The van der Waals surface area contributed by atoms with E-state index in [0.717, 1.165) is 0 Å². The maximum Gasteiger partial charge on any atom is 0.407 e. The lowest BCUT2D eigenvalue weighted by molar-refractivity contribution is -0.399. The van der Waals surface area contributed by atoms with Crippen LogP contribution in [0.15, 0.2) is 19.2 Å². The summed E-state index contributed by atoms with van der Waals surface area (Å²) in [7, 11) is 0. The molecule has 290 valence electrons. The molecule has 3 rings (SSSR count). The first-order chi connectivity index (χ1) is 23.8. The molecule has 16 nitrogen and oxygen atoms in total. The van der Waals surface area contributed by atoms with Gasteiger partial charge in [-0.1, -0.05) is 0 Å². The smallest absolute Gasteiger partial charge is 0.407 e. The van der Waals surface area contributed by atoms with Crippen molar-refractivity contribution in [1.82, 2.24) is 20.6 Å². The highest BCUT2D eigenvalue weighted by Gasteiger charge is 2.30. The highest BCUT2D eigenvalue weighted by atomic mass is 17.2. The number of rotatable bonds is 16. The number of amides is 2. The second-order valence-corrected chi connectivity index (χ2v) is 16.3. The third kappa shape index (κ3) is 12.0. The van der Waals surface area contributed by atoms with E-state index < -0.39 is 69.0 Å². The summed E-state index contributed by atoms with van der Waals surface area (Å²) < 4.78 is 10.9. The van der Waals surface area contributed by atoms with Crippen LogP contribution >= 0.6 is 0 Å². The highest BCUT2D eigenvalue weighted by Crippen LogP contribution is 2.27. The van der Waals surface area contributed by atoms with Crippen molar-refractivity contribution >= 4 is 33.7 Å². The Balaban J connectivity index is 1.73. The average molecular weight is 735 g/mol. The van der Waals surface area contributed by atoms with E-state index in [2.05, 4.69) is 20.6 Å². The van der Waals surface area contributed by atoms with Crippen molar-refractivity contribution in [2.75, 3.05) is 13.1 Å². The van der Waals surface area contributed by atoms with E-state index in [4.69, 9.17) is 29.0 Å². The van der Waals surface area contributed by atoms with Crippen molar-refractivity contribution in [1.29, 1.82) is 0 Å². The molecule has 0 saturated heterocycles. The van der Waals surface area contributed by atoms with Crippen molar-refractivity contribution in [3.8, 4) is 0 Å². The van der Waals surface area contributed by atoms with Gasteiger partial charge in [0.25, 0.3) is 22.2 Å². The summed E-state index contributed by atoms with van der Waals surface area (Å²) in [5.41, 5.74) is -5.32. The topological polar surface area (TPSA) is 213 Å². The van der Waals surface area contributed by atoms with Crippen molar-refractivity contribution in [2.45, 2.75) is 143 Å². The monoisotopic (exact) mass is 734 g/mol. The summed E-state index contributed by atoms with van der Waals surface area (Å²) in [6.07, 6.45) is -2.17. The molecule has 1 aromatic carbocycles. The molecule has 16 heteroatoms. The van der Waals surface area contributed by atoms with Crippen LogP contribution in [0.3, 0.4) is 0 Å². The van der Waals surface area contributed by atoms with Crippen LogP contribution in [0.4, 0.5) is 9.59 Å². The number of alkyl carbamates (subject to hydrolysis) is 2. The van der Waals surface area contributed by atoms with Crippen LogP contribution in [0.25, 0.3) is 21.5 Å². The van der Waals surface area contributed by atoms with E-state index in [9.17, 15) is 28.8 Å². The Labute approximate surface area is 301 Å². The molecule has 0 saturated carbocycles. The Morgan fingerprint density at radius 1 is 0.538 bits per heavy atom. The zero-order valence-electron chi connectivity index (χ0n) is 32.3. The quantitative estimate of drug-likeness (QED) is 0.121.